The molecule has 0 radical (unpaired) electrons. The number of hydrogen-bond acceptors (Lipinski definition) is 9. The van der Waals surface area contributed by atoms with Gasteiger partial charge in [-0.05, 0) is 32.9 Å². The molecule has 0 bridgehead atoms. The molecule has 0 unspecified atom stereocenters. The third-order valence-electron chi connectivity index (χ3n) is 6.07. The van der Waals surface area contributed by atoms with Crippen LogP contribution < -0.4 is 4.74 Å². The van der Waals surface area contributed by atoms with E-state index in [0.29, 0.717) is 10.7 Å². The second-order valence-electron chi connectivity index (χ2n) is 8.06. The van der Waals surface area contributed by atoms with Gasteiger partial charge in [0, 0.05) is 35.0 Å². The molecule has 0 saturated carbocycles. The van der Waals surface area contributed by atoms with Crippen molar-refractivity contribution in [3.8, 4) is 39.1 Å². The summed E-state index contributed by atoms with van der Waals surface area (Å²) in [5.74, 6) is -2.25. The third-order valence-corrected chi connectivity index (χ3v) is 6.96. The first kappa shape index (κ1) is 20.9. The summed E-state index contributed by atoms with van der Waals surface area (Å²) >= 11 is 1.34. The molecule has 1 aliphatic heterocycles. The number of ketones is 2. The molecule has 166 valence electrons. The number of ether oxygens (including phenoxy) is 1. The number of thiazole rings is 1. The monoisotopic (exact) mass is 462 g/mol. The highest BCUT2D eigenvalue weighted by Crippen LogP contribution is 2.60. The molecule has 0 saturated heterocycles. The molecule has 1 aromatic carbocycles. The number of aromatic hydroxyl groups is 2. The van der Waals surface area contributed by atoms with E-state index in [1.54, 1.807) is 23.8 Å². The molecular formula is C24H18N2O6S. The number of rotatable bonds is 3. The summed E-state index contributed by atoms with van der Waals surface area (Å²) in [5.41, 5.74) is -0.276. The van der Waals surface area contributed by atoms with Crippen LogP contribution in [0.2, 0.25) is 0 Å². The lowest BCUT2D eigenvalue weighted by Crippen LogP contribution is -2.38. The van der Waals surface area contributed by atoms with Crippen LogP contribution in [-0.4, -0.2) is 36.9 Å². The number of aliphatic hydroxyl groups excluding tert-OH is 1. The molecule has 1 aliphatic carbocycles. The maximum atomic E-state index is 13.4. The van der Waals surface area contributed by atoms with Crippen molar-refractivity contribution in [2.24, 2.45) is 0 Å². The Balaban J connectivity index is 1.75. The molecule has 0 amide bonds. The highest BCUT2D eigenvalue weighted by atomic mass is 32.1. The number of aromatic nitrogens is 2. The van der Waals surface area contributed by atoms with E-state index in [2.05, 4.69) is 9.97 Å². The Labute approximate surface area is 192 Å². The van der Waals surface area contributed by atoms with Crippen molar-refractivity contribution < 1.29 is 29.6 Å². The maximum absolute atomic E-state index is 13.4. The number of carbonyl (C=O) groups excluding carboxylic acids is 2. The van der Waals surface area contributed by atoms with Gasteiger partial charge in [-0.2, -0.15) is 0 Å². The van der Waals surface area contributed by atoms with Gasteiger partial charge in [-0.25, -0.2) is 4.98 Å². The Morgan fingerprint density at radius 1 is 1.21 bits per heavy atom. The first-order chi connectivity index (χ1) is 15.7. The highest BCUT2D eigenvalue weighted by Gasteiger charge is 2.55. The Morgan fingerprint density at radius 2 is 1.97 bits per heavy atom. The summed E-state index contributed by atoms with van der Waals surface area (Å²) in [7, 11) is 0. The average molecular weight is 462 g/mol. The molecule has 33 heavy (non-hydrogen) atoms. The van der Waals surface area contributed by atoms with Crippen molar-refractivity contribution >= 4 is 22.9 Å². The minimum atomic E-state index is -1.55. The first-order valence-corrected chi connectivity index (χ1v) is 10.9. The lowest BCUT2D eigenvalue weighted by atomic mass is 9.71. The Morgan fingerprint density at radius 3 is 2.64 bits per heavy atom. The average Bonchev–Trinajstić information content (AvgIpc) is 3.37. The van der Waals surface area contributed by atoms with Crippen molar-refractivity contribution in [1.29, 1.82) is 0 Å². The fourth-order valence-electron chi connectivity index (χ4n) is 4.28. The molecular weight excluding hydrogens is 444 g/mol. The van der Waals surface area contributed by atoms with Gasteiger partial charge in [-0.15, -0.1) is 11.3 Å². The van der Waals surface area contributed by atoms with Gasteiger partial charge in [-0.1, -0.05) is 0 Å². The van der Waals surface area contributed by atoms with E-state index in [-0.39, 0.29) is 45.3 Å². The van der Waals surface area contributed by atoms with Crippen LogP contribution in [0.4, 0.5) is 0 Å². The zero-order chi connectivity index (χ0) is 23.7. The fraction of sp³-hybridized carbons (Fsp3) is 0.167. The van der Waals surface area contributed by atoms with Gasteiger partial charge >= 0.3 is 0 Å². The summed E-state index contributed by atoms with van der Waals surface area (Å²) in [4.78, 5) is 34.2. The predicted octanol–water partition coefficient (Wildman–Crippen LogP) is 4.11. The van der Waals surface area contributed by atoms with Crippen molar-refractivity contribution in [3.63, 3.8) is 0 Å². The van der Waals surface area contributed by atoms with E-state index in [1.165, 1.54) is 38.2 Å². The fourth-order valence-corrected chi connectivity index (χ4v) is 5.08. The zero-order valence-electron chi connectivity index (χ0n) is 17.8. The number of aliphatic hydroxyl groups is 1. The molecule has 5 rings (SSSR count). The number of allylic oxidation sites excluding steroid dienone is 3. The van der Waals surface area contributed by atoms with E-state index in [4.69, 9.17) is 4.74 Å². The lowest BCUT2D eigenvalue weighted by molar-refractivity contribution is -0.123. The molecule has 9 heteroatoms. The van der Waals surface area contributed by atoms with Crippen molar-refractivity contribution in [2.45, 2.75) is 26.2 Å². The van der Waals surface area contributed by atoms with Crippen molar-refractivity contribution in [2.75, 3.05) is 0 Å². The van der Waals surface area contributed by atoms with Crippen molar-refractivity contribution in [1.82, 2.24) is 9.97 Å². The minimum absolute atomic E-state index is 0.0502. The zero-order valence-corrected chi connectivity index (χ0v) is 18.6. The van der Waals surface area contributed by atoms with Gasteiger partial charge < -0.3 is 20.1 Å². The second-order valence-corrected chi connectivity index (χ2v) is 8.92. The van der Waals surface area contributed by atoms with E-state index in [0.717, 1.165) is 5.56 Å². The molecule has 8 nitrogen and oxygen atoms in total. The number of pyridine rings is 1. The van der Waals surface area contributed by atoms with Crippen LogP contribution in [0.3, 0.4) is 0 Å². The van der Waals surface area contributed by atoms with Crippen LogP contribution >= 0.6 is 11.3 Å². The quantitative estimate of drug-likeness (QED) is 0.496. The van der Waals surface area contributed by atoms with Crippen LogP contribution in [0.25, 0.3) is 21.8 Å². The van der Waals surface area contributed by atoms with Gasteiger partial charge in [0.2, 0.25) is 0 Å². The van der Waals surface area contributed by atoms with Gasteiger partial charge in [0.25, 0.3) is 0 Å². The van der Waals surface area contributed by atoms with Gasteiger partial charge in [0.1, 0.15) is 44.8 Å². The molecule has 0 spiro atoms. The summed E-state index contributed by atoms with van der Waals surface area (Å²) in [6.45, 7) is 4.22. The first-order valence-electron chi connectivity index (χ1n) is 10.0. The molecule has 3 aromatic rings. The highest BCUT2D eigenvalue weighted by molar-refractivity contribution is 7.13. The number of carbonyl (C=O) groups is 2. The van der Waals surface area contributed by atoms with Crippen LogP contribution in [0.15, 0.2) is 53.1 Å². The summed E-state index contributed by atoms with van der Waals surface area (Å²) in [6, 6.07) is 3.64. The third kappa shape index (κ3) is 2.75. The van der Waals surface area contributed by atoms with Crippen LogP contribution in [-0.2, 0) is 15.0 Å². The topological polar surface area (TPSA) is 130 Å². The Kier molecular flexibility index (Phi) is 4.44. The van der Waals surface area contributed by atoms with E-state index in [9.17, 15) is 24.9 Å². The predicted molar refractivity (Wildman–Crippen MR) is 120 cm³/mol. The SMILES string of the molecule is CC(=O)C1=C(O)C=C2Oc3c(-c4csc(-c5cccnc5)n4)c(O)c(C)c(O)c3[C@@]2(C)C1=O. The van der Waals surface area contributed by atoms with Gasteiger partial charge in [-0.3, -0.25) is 14.6 Å². The summed E-state index contributed by atoms with van der Waals surface area (Å²) < 4.78 is 5.97. The number of nitrogens with zero attached hydrogens (tertiary/aromatic N) is 2. The van der Waals surface area contributed by atoms with Gasteiger partial charge in [0.15, 0.2) is 11.6 Å². The largest absolute Gasteiger partial charge is 0.507 e. The van der Waals surface area contributed by atoms with Crippen molar-refractivity contribution in [3.05, 3.63) is 64.2 Å². The summed E-state index contributed by atoms with van der Waals surface area (Å²) in [5, 5.41) is 34.6. The maximum Gasteiger partial charge on any atom is 0.188 e. The lowest BCUT2D eigenvalue weighted by Gasteiger charge is -2.28. The smallest absolute Gasteiger partial charge is 0.188 e. The van der Waals surface area contributed by atoms with Crippen LogP contribution in [0, 0.1) is 6.92 Å². The molecule has 1 atom stereocenters. The number of Topliss-reactive ketones (excluding diaryl/α,β-unsaturated/α-hetero) is 2. The van der Waals surface area contributed by atoms with Crippen LogP contribution in [0.5, 0.6) is 17.2 Å². The second kappa shape index (κ2) is 7.01. The molecule has 3 heterocycles. The van der Waals surface area contributed by atoms with Gasteiger partial charge in [0.05, 0.1) is 16.8 Å². The Hall–Kier alpha value is -3.98. The Bertz CT molecular complexity index is 1440. The molecule has 2 aliphatic rings. The number of phenolic OH excluding ortho intramolecular Hbond substituents is 2. The summed E-state index contributed by atoms with van der Waals surface area (Å²) in [6.07, 6.45) is 4.53. The number of benzene rings is 1. The van der Waals surface area contributed by atoms with E-state index < -0.39 is 22.7 Å². The molecule has 3 N–H and O–H groups in total. The van der Waals surface area contributed by atoms with Crippen LogP contribution in [0.1, 0.15) is 25.0 Å². The molecule has 2 aromatic heterocycles. The number of fused-ring (bicyclic) bond motifs is 3. The van der Waals surface area contributed by atoms with E-state index >= 15 is 0 Å². The normalized spacial score (nSPS) is 19.1. The molecule has 0 fully saturated rings. The number of hydrogen-bond donors (Lipinski definition) is 3. The van der Waals surface area contributed by atoms with E-state index in [1.807, 2.05) is 6.07 Å². The number of phenols is 2. The minimum Gasteiger partial charge on any atom is -0.507 e. The standard InChI is InChI=1S/C24H18N2O6S/c1-10-19(29)17(13-9-33-23(26-13)12-5-4-6-25-8-12)21-18(20(10)30)24(3)15(32-21)7-14(28)16(11(2)27)22(24)31/h4-9,28-30H,1-3H3/t24-/m0/s1.